The molecule has 6 aromatic carbocycles. The molecule has 1 heterocycles. The fourth-order valence-electron chi connectivity index (χ4n) is 7.66. The van der Waals surface area contributed by atoms with E-state index >= 15 is 0 Å². The Balaban J connectivity index is 1.27. The van der Waals surface area contributed by atoms with E-state index < -0.39 is 5.41 Å². The summed E-state index contributed by atoms with van der Waals surface area (Å²) in [6.45, 7) is 4.69. The number of rotatable bonds is 6. The van der Waals surface area contributed by atoms with E-state index in [1.54, 1.807) is 0 Å². The normalized spacial score (nSPS) is 13.2. The van der Waals surface area contributed by atoms with Crippen molar-refractivity contribution in [1.29, 1.82) is 0 Å². The summed E-state index contributed by atoms with van der Waals surface area (Å²) in [5, 5.41) is 0. The van der Waals surface area contributed by atoms with Gasteiger partial charge in [0, 0.05) is 17.8 Å². The molecule has 0 bridgehead atoms. The largest absolute Gasteiger partial charge is 0.264 e. The highest BCUT2D eigenvalue weighted by Gasteiger charge is 2.39. The Morgan fingerprint density at radius 2 is 0.957 bits per heavy atom. The Labute approximate surface area is 271 Å². The SMILES string of the molecule is CC1(C)c2ccccc2-c2ccc(-c3cccc(-c4cccc(C(c5ccccc5)(c5ccccc5)c5cccnc5)c4)c3)cc21. The quantitative estimate of drug-likeness (QED) is 0.176. The molecule has 0 amide bonds. The zero-order valence-corrected chi connectivity index (χ0v) is 26.2. The number of pyridine rings is 1. The molecule has 0 aliphatic heterocycles. The molecule has 0 unspecified atom stereocenters. The van der Waals surface area contributed by atoms with E-state index in [2.05, 4.69) is 177 Å². The van der Waals surface area contributed by atoms with E-state index in [-0.39, 0.29) is 5.41 Å². The average molecular weight is 590 g/mol. The fourth-order valence-corrected chi connectivity index (χ4v) is 7.66. The first-order valence-corrected chi connectivity index (χ1v) is 16.0. The topological polar surface area (TPSA) is 12.9 Å². The highest BCUT2D eigenvalue weighted by molar-refractivity contribution is 5.84. The molecule has 0 spiro atoms. The Kier molecular flexibility index (Phi) is 6.76. The Morgan fingerprint density at radius 1 is 0.413 bits per heavy atom. The van der Waals surface area contributed by atoms with E-state index in [1.165, 1.54) is 61.2 Å². The van der Waals surface area contributed by atoms with Crippen molar-refractivity contribution in [3.8, 4) is 33.4 Å². The second-order valence-corrected chi connectivity index (χ2v) is 12.8. The van der Waals surface area contributed by atoms with Crippen LogP contribution in [-0.2, 0) is 10.8 Å². The maximum atomic E-state index is 4.60. The second kappa shape index (κ2) is 11.1. The summed E-state index contributed by atoms with van der Waals surface area (Å²) in [6.07, 6.45) is 3.87. The lowest BCUT2D eigenvalue weighted by Crippen LogP contribution is -2.31. The minimum Gasteiger partial charge on any atom is -0.264 e. The highest BCUT2D eigenvalue weighted by atomic mass is 14.6. The van der Waals surface area contributed by atoms with Gasteiger partial charge < -0.3 is 0 Å². The third-order valence-electron chi connectivity index (χ3n) is 9.92. The number of nitrogens with zero attached hydrogens (tertiary/aromatic N) is 1. The van der Waals surface area contributed by atoms with E-state index in [9.17, 15) is 0 Å². The molecular formula is C45H35N. The predicted octanol–water partition coefficient (Wildman–Crippen LogP) is 11.1. The van der Waals surface area contributed by atoms with Gasteiger partial charge in [0.1, 0.15) is 0 Å². The maximum absolute atomic E-state index is 4.60. The van der Waals surface area contributed by atoms with Gasteiger partial charge in [-0.15, -0.1) is 0 Å². The summed E-state index contributed by atoms with van der Waals surface area (Å²) >= 11 is 0. The molecule has 1 aromatic heterocycles. The molecule has 0 saturated carbocycles. The summed E-state index contributed by atoms with van der Waals surface area (Å²) in [5.41, 5.74) is 14.6. The van der Waals surface area contributed by atoms with E-state index in [1.807, 2.05) is 18.5 Å². The molecule has 1 aliphatic rings. The molecule has 220 valence electrons. The summed E-state index contributed by atoms with van der Waals surface area (Å²) in [7, 11) is 0. The van der Waals surface area contributed by atoms with Crippen LogP contribution in [0.15, 0.2) is 176 Å². The van der Waals surface area contributed by atoms with E-state index in [0.29, 0.717) is 0 Å². The van der Waals surface area contributed by atoms with Crippen molar-refractivity contribution < 1.29 is 0 Å². The summed E-state index contributed by atoms with van der Waals surface area (Å²) < 4.78 is 0. The highest BCUT2D eigenvalue weighted by Crippen LogP contribution is 2.50. The first-order chi connectivity index (χ1) is 22.6. The Hall–Kier alpha value is -5.53. The predicted molar refractivity (Wildman–Crippen MR) is 191 cm³/mol. The monoisotopic (exact) mass is 589 g/mol. The number of hydrogen-bond acceptors (Lipinski definition) is 1. The molecule has 1 aliphatic carbocycles. The van der Waals surface area contributed by atoms with Gasteiger partial charge in [0.15, 0.2) is 0 Å². The molecule has 0 N–H and O–H groups in total. The molecule has 1 heteroatoms. The van der Waals surface area contributed by atoms with Crippen molar-refractivity contribution >= 4 is 0 Å². The molecule has 1 nitrogen and oxygen atoms in total. The van der Waals surface area contributed by atoms with Crippen LogP contribution in [0.4, 0.5) is 0 Å². The van der Waals surface area contributed by atoms with Gasteiger partial charge in [-0.25, -0.2) is 0 Å². The smallest absolute Gasteiger partial charge is 0.0716 e. The lowest BCUT2D eigenvalue weighted by atomic mass is 9.65. The van der Waals surface area contributed by atoms with Gasteiger partial charge in [0.05, 0.1) is 5.41 Å². The van der Waals surface area contributed by atoms with Crippen molar-refractivity contribution in [3.05, 3.63) is 210 Å². The average Bonchev–Trinajstić information content (AvgIpc) is 3.36. The van der Waals surface area contributed by atoms with Crippen molar-refractivity contribution in [2.75, 3.05) is 0 Å². The van der Waals surface area contributed by atoms with Crippen LogP contribution in [0.2, 0.25) is 0 Å². The zero-order valence-electron chi connectivity index (χ0n) is 26.2. The summed E-state index contributed by atoms with van der Waals surface area (Å²) in [4.78, 5) is 4.60. The number of aromatic nitrogens is 1. The Morgan fingerprint density at radius 3 is 1.63 bits per heavy atom. The van der Waals surface area contributed by atoms with Gasteiger partial charge in [0.2, 0.25) is 0 Å². The van der Waals surface area contributed by atoms with Crippen LogP contribution in [0.5, 0.6) is 0 Å². The molecule has 0 fully saturated rings. The van der Waals surface area contributed by atoms with Crippen LogP contribution < -0.4 is 0 Å². The fraction of sp³-hybridized carbons (Fsp3) is 0.0889. The van der Waals surface area contributed by atoms with Crippen LogP contribution in [0.1, 0.15) is 47.2 Å². The van der Waals surface area contributed by atoms with E-state index in [4.69, 9.17) is 0 Å². The molecule has 0 saturated heterocycles. The van der Waals surface area contributed by atoms with Gasteiger partial charge in [-0.2, -0.15) is 0 Å². The van der Waals surface area contributed by atoms with Crippen molar-refractivity contribution in [3.63, 3.8) is 0 Å². The van der Waals surface area contributed by atoms with Gasteiger partial charge in [0.25, 0.3) is 0 Å². The molecule has 0 atom stereocenters. The zero-order chi connectivity index (χ0) is 31.1. The summed E-state index contributed by atoms with van der Waals surface area (Å²) in [5.74, 6) is 0. The van der Waals surface area contributed by atoms with Gasteiger partial charge in [-0.05, 0) is 91.0 Å². The van der Waals surface area contributed by atoms with Gasteiger partial charge >= 0.3 is 0 Å². The standard InChI is InChI=1S/C45H35N/c1-44(2)42-24-10-9-23-40(42)41-26-25-35(30-43(41)44)33-15-11-14-32(28-33)34-16-12-21-38(29-34)45(36-17-5-3-6-18-36,37-19-7-4-8-20-37)39-22-13-27-46-31-39/h3-31H,1-2H3. The van der Waals surface area contributed by atoms with E-state index in [0.717, 1.165) is 5.56 Å². The molecule has 7 aromatic rings. The third-order valence-corrected chi connectivity index (χ3v) is 9.92. The number of fused-ring (bicyclic) bond motifs is 3. The Bertz CT molecular complexity index is 2060. The number of hydrogen-bond donors (Lipinski definition) is 0. The van der Waals surface area contributed by atoms with Crippen molar-refractivity contribution in [1.82, 2.24) is 4.98 Å². The first-order valence-electron chi connectivity index (χ1n) is 16.0. The molecular weight excluding hydrogens is 555 g/mol. The molecule has 46 heavy (non-hydrogen) atoms. The van der Waals surface area contributed by atoms with Crippen molar-refractivity contribution in [2.45, 2.75) is 24.7 Å². The third kappa shape index (κ3) is 4.43. The molecule has 0 radical (unpaired) electrons. The number of benzene rings is 6. The van der Waals surface area contributed by atoms with Crippen LogP contribution in [0.25, 0.3) is 33.4 Å². The lowest BCUT2D eigenvalue weighted by Gasteiger charge is -2.36. The maximum Gasteiger partial charge on any atom is 0.0716 e. The minimum absolute atomic E-state index is 0.0294. The van der Waals surface area contributed by atoms with Crippen molar-refractivity contribution in [2.24, 2.45) is 0 Å². The summed E-state index contributed by atoms with van der Waals surface area (Å²) in [6, 6.07) is 59.8. The van der Waals surface area contributed by atoms with Crippen LogP contribution in [-0.4, -0.2) is 4.98 Å². The second-order valence-electron chi connectivity index (χ2n) is 12.8. The van der Waals surface area contributed by atoms with Gasteiger partial charge in [-0.3, -0.25) is 4.98 Å². The van der Waals surface area contributed by atoms with Gasteiger partial charge in [-0.1, -0.05) is 153 Å². The minimum atomic E-state index is -0.537. The van der Waals surface area contributed by atoms with Crippen LogP contribution in [0, 0.1) is 0 Å². The molecule has 8 rings (SSSR count). The van der Waals surface area contributed by atoms with Crippen LogP contribution >= 0.6 is 0 Å². The first kappa shape index (κ1) is 28.0. The lowest BCUT2D eigenvalue weighted by molar-refractivity contribution is 0.660. The van der Waals surface area contributed by atoms with Crippen LogP contribution in [0.3, 0.4) is 0 Å².